The Kier molecular flexibility index (Phi) is 8.09. The summed E-state index contributed by atoms with van der Waals surface area (Å²) in [5, 5.41) is 16.9. The number of hydrogen-bond donors (Lipinski definition) is 5. The summed E-state index contributed by atoms with van der Waals surface area (Å²) in [6.45, 7) is 6.52. The van der Waals surface area contributed by atoms with E-state index >= 15 is 0 Å². The normalized spacial score (nSPS) is 25.2. The Morgan fingerprint density at radius 2 is 1.98 bits per heavy atom. The van der Waals surface area contributed by atoms with Gasteiger partial charge in [0.1, 0.15) is 6.23 Å². The topological polar surface area (TPSA) is 115 Å². The molecule has 5 N–H and O–H groups in total. The van der Waals surface area contributed by atoms with E-state index in [1.54, 1.807) is 12.3 Å². The van der Waals surface area contributed by atoms with Crippen molar-refractivity contribution < 1.29 is 19.0 Å². The van der Waals surface area contributed by atoms with Gasteiger partial charge in [0.2, 0.25) is 0 Å². The van der Waals surface area contributed by atoms with Crippen molar-refractivity contribution in [2.45, 2.75) is 76.8 Å². The van der Waals surface area contributed by atoms with Crippen molar-refractivity contribution in [3.8, 4) is 0 Å². The maximum Gasteiger partial charge on any atom is 0.251 e. The molecule has 1 aromatic carbocycles. The van der Waals surface area contributed by atoms with Crippen molar-refractivity contribution in [1.29, 1.82) is 0 Å². The molecule has 1 heterocycles. The van der Waals surface area contributed by atoms with E-state index in [4.69, 9.17) is 0 Å². The molecular weight excluding hydrogens is 558 g/mol. The SMILES string of the molecule is Cc1ncc(NC(O)CCCC2CC(C)(C)C2)cc1NC(=O)C1=C2C=CC(c3cccc(S(C)(O)O)c3)=CC2C2CC2C1. The van der Waals surface area contributed by atoms with Crippen molar-refractivity contribution in [3.63, 3.8) is 0 Å². The Morgan fingerprint density at radius 1 is 1.19 bits per heavy atom. The second-order valence-corrected chi connectivity index (χ2v) is 16.1. The van der Waals surface area contributed by atoms with Gasteiger partial charge in [-0.3, -0.25) is 18.9 Å². The van der Waals surface area contributed by atoms with E-state index in [1.165, 1.54) is 19.1 Å². The van der Waals surface area contributed by atoms with Crippen LogP contribution in [-0.4, -0.2) is 37.6 Å². The van der Waals surface area contributed by atoms with Crippen LogP contribution in [0, 0.1) is 36.0 Å². The molecule has 2 saturated carbocycles. The number of aromatic nitrogens is 1. The van der Waals surface area contributed by atoms with Crippen LogP contribution < -0.4 is 10.6 Å². The lowest BCUT2D eigenvalue weighted by molar-refractivity contribution is -0.113. The molecule has 4 unspecified atom stereocenters. The zero-order chi connectivity index (χ0) is 30.5. The third-order valence-corrected chi connectivity index (χ3v) is 10.9. The summed E-state index contributed by atoms with van der Waals surface area (Å²) in [6.07, 6.45) is 16.1. The lowest BCUT2D eigenvalue weighted by atomic mass is 9.63. The van der Waals surface area contributed by atoms with Crippen LogP contribution in [0.5, 0.6) is 0 Å². The van der Waals surface area contributed by atoms with Crippen molar-refractivity contribution >= 4 is 33.4 Å². The second kappa shape index (κ2) is 11.5. The molecule has 4 aliphatic carbocycles. The molecule has 1 aromatic heterocycles. The number of aryl methyl sites for hydroxylation is 1. The van der Waals surface area contributed by atoms with Crippen LogP contribution >= 0.6 is 10.6 Å². The van der Waals surface area contributed by atoms with Crippen LogP contribution in [0.2, 0.25) is 0 Å². The molecular formula is C35H45N3O4S. The zero-order valence-electron chi connectivity index (χ0n) is 25.6. The minimum atomic E-state index is -2.80. The third-order valence-electron chi connectivity index (χ3n) is 9.74. The van der Waals surface area contributed by atoms with E-state index in [0.717, 1.165) is 59.6 Å². The zero-order valence-corrected chi connectivity index (χ0v) is 26.5. The van der Waals surface area contributed by atoms with Gasteiger partial charge in [-0.05, 0) is 104 Å². The molecule has 230 valence electrons. The van der Waals surface area contributed by atoms with Crippen LogP contribution in [0.4, 0.5) is 11.4 Å². The van der Waals surface area contributed by atoms with E-state index in [9.17, 15) is 19.0 Å². The van der Waals surface area contributed by atoms with Crippen LogP contribution in [0.15, 0.2) is 70.8 Å². The van der Waals surface area contributed by atoms with Crippen LogP contribution in [-0.2, 0) is 4.79 Å². The molecule has 43 heavy (non-hydrogen) atoms. The van der Waals surface area contributed by atoms with Crippen molar-refractivity contribution in [2.24, 2.45) is 29.1 Å². The Balaban J connectivity index is 1.12. The van der Waals surface area contributed by atoms with E-state index in [-0.39, 0.29) is 11.8 Å². The number of pyridine rings is 1. The summed E-state index contributed by atoms with van der Waals surface area (Å²) in [7, 11) is -2.80. The Hall–Kier alpha value is -2.91. The highest BCUT2D eigenvalue weighted by molar-refractivity contribution is 8.23. The van der Waals surface area contributed by atoms with E-state index < -0.39 is 16.8 Å². The Labute approximate surface area is 256 Å². The average molecular weight is 604 g/mol. The quantitative estimate of drug-likeness (QED) is 0.176. The standard InChI is InChI=1S/C35H45N3O4S/c1-21-32(17-26(20-36-21)37-33(39)10-5-7-22-18-35(2,3)19-22)38-34(40)31-16-25-15-29(25)30-14-24(11-12-28(30)31)23-8-6-9-27(13-23)43(4,41)42/h6,8-9,11-14,17,20,22,25,29-30,33,37,39,41-42H,5,7,10,15-16,18-19H2,1-4H3,(H,38,40). The van der Waals surface area contributed by atoms with E-state index in [1.807, 2.05) is 37.3 Å². The molecule has 4 atom stereocenters. The molecule has 7 nitrogen and oxygen atoms in total. The first-order valence-electron chi connectivity index (χ1n) is 15.6. The average Bonchev–Trinajstić information content (AvgIpc) is 3.73. The third kappa shape index (κ3) is 6.78. The molecule has 2 aromatic rings. The maximum atomic E-state index is 13.7. The van der Waals surface area contributed by atoms with Gasteiger partial charge >= 0.3 is 0 Å². The van der Waals surface area contributed by atoms with Crippen molar-refractivity contribution in [2.75, 3.05) is 16.9 Å². The number of rotatable bonds is 10. The monoisotopic (exact) mass is 603 g/mol. The first kappa shape index (κ1) is 30.1. The summed E-state index contributed by atoms with van der Waals surface area (Å²) in [4.78, 5) is 18.7. The number of allylic oxidation sites excluding steroid dienone is 5. The number of hydrogen-bond acceptors (Lipinski definition) is 6. The van der Waals surface area contributed by atoms with Crippen molar-refractivity contribution in [1.82, 2.24) is 4.98 Å². The highest BCUT2D eigenvalue weighted by Gasteiger charge is 2.49. The van der Waals surface area contributed by atoms with Gasteiger partial charge in [-0.15, -0.1) is 0 Å². The number of nitrogens with one attached hydrogen (secondary N) is 2. The number of aliphatic hydroxyl groups is 1. The lowest BCUT2D eigenvalue weighted by Crippen LogP contribution is -2.31. The summed E-state index contributed by atoms with van der Waals surface area (Å²) in [5.41, 5.74) is 6.43. The largest absolute Gasteiger partial charge is 0.374 e. The smallest absolute Gasteiger partial charge is 0.251 e. The van der Waals surface area contributed by atoms with E-state index in [0.29, 0.717) is 39.9 Å². The fourth-order valence-corrected chi connectivity index (χ4v) is 8.14. The van der Waals surface area contributed by atoms with Gasteiger partial charge < -0.3 is 15.7 Å². The molecule has 6 rings (SSSR count). The number of benzene rings is 1. The lowest BCUT2D eigenvalue weighted by Gasteiger charge is -2.43. The number of carbonyl (C=O) groups is 1. The first-order chi connectivity index (χ1) is 20.4. The molecule has 8 heteroatoms. The Morgan fingerprint density at radius 3 is 2.72 bits per heavy atom. The summed E-state index contributed by atoms with van der Waals surface area (Å²) in [6, 6.07) is 9.31. The minimum absolute atomic E-state index is 0.0974. The molecule has 2 fully saturated rings. The molecule has 0 aliphatic heterocycles. The van der Waals surface area contributed by atoms with Gasteiger partial charge in [-0.2, -0.15) is 10.6 Å². The molecule has 0 spiro atoms. The molecule has 4 aliphatic rings. The van der Waals surface area contributed by atoms with Gasteiger partial charge in [0, 0.05) is 17.7 Å². The number of nitrogens with zero attached hydrogens (tertiary/aromatic N) is 1. The number of anilines is 2. The molecule has 0 saturated heterocycles. The van der Waals surface area contributed by atoms with Crippen LogP contribution in [0.3, 0.4) is 0 Å². The molecule has 0 radical (unpaired) electrons. The van der Waals surface area contributed by atoms with Crippen LogP contribution in [0.25, 0.3) is 5.57 Å². The number of aliphatic hydroxyl groups excluding tert-OH is 1. The van der Waals surface area contributed by atoms with Crippen molar-refractivity contribution in [3.05, 3.63) is 77.2 Å². The predicted octanol–water partition coefficient (Wildman–Crippen LogP) is 8.01. The molecule has 1 amide bonds. The predicted molar refractivity (Wildman–Crippen MR) is 175 cm³/mol. The number of amides is 1. The van der Waals surface area contributed by atoms with Gasteiger partial charge in [0.05, 0.1) is 28.2 Å². The second-order valence-electron chi connectivity index (χ2n) is 14.0. The van der Waals surface area contributed by atoms with Gasteiger partial charge in [-0.1, -0.05) is 50.6 Å². The van der Waals surface area contributed by atoms with Gasteiger partial charge in [0.15, 0.2) is 0 Å². The highest BCUT2D eigenvalue weighted by Crippen LogP contribution is 2.57. The first-order valence-corrected chi connectivity index (χ1v) is 17.5. The maximum absolute atomic E-state index is 13.7. The fraction of sp³-hybridized carbons (Fsp3) is 0.486. The highest BCUT2D eigenvalue weighted by atomic mass is 32.3. The number of carbonyl (C=O) groups excluding carboxylic acids is 1. The summed E-state index contributed by atoms with van der Waals surface area (Å²) in [5.74, 6) is 1.89. The molecule has 0 bridgehead atoms. The number of fused-ring (bicyclic) bond motifs is 3. The summed E-state index contributed by atoms with van der Waals surface area (Å²) < 4.78 is 20.3. The fourth-order valence-electron chi connectivity index (χ4n) is 7.45. The Bertz CT molecular complexity index is 1500. The van der Waals surface area contributed by atoms with Crippen LogP contribution in [0.1, 0.15) is 70.1 Å². The van der Waals surface area contributed by atoms with E-state index in [2.05, 4.69) is 41.6 Å². The minimum Gasteiger partial charge on any atom is -0.374 e. The van der Waals surface area contributed by atoms with Gasteiger partial charge in [0.25, 0.3) is 5.91 Å². The van der Waals surface area contributed by atoms with Gasteiger partial charge in [-0.25, -0.2) is 0 Å². The summed E-state index contributed by atoms with van der Waals surface area (Å²) >= 11 is 0.